The maximum absolute atomic E-state index is 8.76. The summed E-state index contributed by atoms with van der Waals surface area (Å²) in [6.45, 7) is 1.59. The quantitative estimate of drug-likeness (QED) is 0.617. The average molecular weight is 233 g/mol. The van der Waals surface area contributed by atoms with Crippen molar-refractivity contribution in [1.29, 1.82) is 5.26 Å². The van der Waals surface area contributed by atoms with Crippen molar-refractivity contribution in [3.63, 3.8) is 0 Å². The first kappa shape index (κ1) is 11.6. The molecule has 0 aromatic carbocycles. The van der Waals surface area contributed by atoms with Crippen molar-refractivity contribution in [2.24, 2.45) is 0 Å². The third-order valence-electron chi connectivity index (χ3n) is 2.68. The molecule has 0 radical (unpaired) electrons. The van der Waals surface area contributed by atoms with Crippen LogP contribution in [0.3, 0.4) is 0 Å². The molecule has 6 nitrogen and oxygen atoms in total. The maximum atomic E-state index is 8.76. The Morgan fingerprint density at radius 1 is 1.65 bits per heavy atom. The predicted molar refractivity (Wildman–Crippen MR) is 63.5 cm³/mol. The molecular weight excluding hydrogens is 218 g/mol. The van der Waals surface area contributed by atoms with Crippen LogP contribution < -0.4 is 10.2 Å². The second-order valence-electron chi connectivity index (χ2n) is 3.94. The number of nitrogens with zero attached hydrogens (tertiary/aromatic N) is 4. The number of nitriles is 1. The minimum Gasteiger partial charge on any atom is -0.376 e. The van der Waals surface area contributed by atoms with Crippen LogP contribution in [0.2, 0.25) is 0 Å². The van der Waals surface area contributed by atoms with Gasteiger partial charge in [-0.15, -0.1) is 0 Å². The van der Waals surface area contributed by atoms with Crippen LogP contribution in [-0.4, -0.2) is 36.3 Å². The van der Waals surface area contributed by atoms with E-state index in [0.717, 1.165) is 26.0 Å². The molecule has 0 spiro atoms. The third-order valence-corrected chi connectivity index (χ3v) is 2.68. The van der Waals surface area contributed by atoms with Gasteiger partial charge in [0.15, 0.2) is 6.19 Å². The molecule has 6 heteroatoms. The summed E-state index contributed by atoms with van der Waals surface area (Å²) in [6, 6.07) is 1.75. The van der Waals surface area contributed by atoms with Crippen molar-refractivity contribution in [2.45, 2.75) is 18.9 Å². The normalized spacial score (nSPS) is 18.7. The van der Waals surface area contributed by atoms with Gasteiger partial charge in [0.25, 0.3) is 0 Å². The summed E-state index contributed by atoms with van der Waals surface area (Å²) in [7, 11) is 1.66. The largest absolute Gasteiger partial charge is 0.376 e. The molecule has 17 heavy (non-hydrogen) atoms. The molecule has 0 amide bonds. The standard InChI is InChI=1S/C11H15N5O/c1-16(7-12)11-5-10(14-8-15-11)13-6-9-3-2-4-17-9/h5,8-9H,2-4,6H2,1H3,(H,13,14,15). The molecule has 2 heterocycles. The van der Waals surface area contributed by atoms with Crippen molar-refractivity contribution < 1.29 is 4.74 Å². The zero-order valence-electron chi connectivity index (χ0n) is 9.76. The van der Waals surface area contributed by atoms with Gasteiger partial charge in [-0.05, 0) is 12.8 Å². The van der Waals surface area contributed by atoms with E-state index in [-0.39, 0.29) is 6.10 Å². The SMILES string of the molecule is CN(C#N)c1cc(NCC2CCCO2)ncn1. The first-order valence-corrected chi connectivity index (χ1v) is 5.60. The Morgan fingerprint density at radius 2 is 2.53 bits per heavy atom. The van der Waals surface area contributed by atoms with E-state index in [4.69, 9.17) is 10.00 Å². The molecule has 0 aliphatic carbocycles. The fourth-order valence-corrected chi connectivity index (χ4v) is 1.70. The van der Waals surface area contributed by atoms with Crippen LogP contribution >= 0.6 is 0 Å². The molecule has 1 saturated heterocycles. The molecule has 90 valence electrons. The van der Waals surface area contributed by atoms with Gasteiger partial charge in [0.2, 0.25) is 0 Å². The highest BCUT2D eigenvalue weighted by Crippen LogP contribution is 2.15. The van der Waals surface area contributed by atoms with Crippen LogP contribution in [0.4, 0.5) is 11.6 Å². The molecular formula is C11H15N5O. The second kappa shape index (κ2) is 5.46. The average Bonchev–Trinajstić information content (AvgIpc) is 2.89. The molecule has 1 aliphatic heterocycles. The van der Waals surface area contributed by atoms with Crippen LogP contribution in [0.15, 0.2) is 12.4 Å². The topological polar surface area (TPSA) is 74.1 Å². The van der Waals surface area contributed by atoms with Gasteiger partial charge in [-0.3, -0.25) is 4.90 Å². The number of hydrogen-bond acceptors (Lipinski definition) is 6. The van der Waals surface area contributed by atoms with Gasteiger partial charge in [0, 0.05) is 26.3 Å². The van der Waals surface area contributed by atoms with E-state index in [0.29, 0.717) is 11.6 Å². The number of aromatic nitrogens is 2. The number of hydrogen-bond donors (Lipinski definition) is 1. The summed E-state index contributed by atoms with van der Waals surface area (Å²) in [5, 5.41) is 12.0. The summed E-state index contributed by atoms with van der Waals surface area (Å²) in [4.78, 5) is 9.50. The lowest BCUT2D eigenvalue weighted by molar-refractivity contribution is 0.120. The van der Waals surface area contributed by atoms with Crippen LogP contribution in [0.25, 0.3) is 0 Å². The zero-order chi connectivity index (χ0) is 12.1. The highest BCUT2D eigenvalue weighted by atomic mass is 16.5. The molecule has 1 aromatic rings. The van der Waals surface area contributed by atoms with Crippen LogP contribution in [0.5, 0.6) is 0 Å². The smallest absolute Gasteiger partial charge is 0.185 e. The highest BCUT2D eigenvalue weighted by molar-refractivity contribution is 5.50. The predicted octanol–water partition coefficient (Wildman–Crippen LogP) is 0.985. The Hall–Kier alpha value is -1.87. The van der Waals surface area contributed by atoms with Gasteiger partial charge in [0.05, 0.1) is 6.10 Å². The van der Waals surface area contributed by atoms with E-state index in [1.807, 2.05) is 6.19 Å². The van der Waals surface area contributed by atoms with E-state index in [1.54, 1.807) is 13.1 Å². The minimum atomic E-state index is 0.266. The summed E-state index contributed by atoms with van der Waals surface area (Å²) in [5.41, 5.74) is 0. The number of anilines is 2. The Kier molecular flexibility index (Phi) is 3.73. The Balaban J connectivity index is 1.94. The third kappa shape index (κ3) is 3.04. The van der Waals surface area contributed by atoms with Gasteiger partial charge in [-0.25, -0.2) is 9.97 Å². The lowest BCUT2D eigenvalue weighted by atomic mass is 10.2. The lowest BCUT2D eigenvalue weighted by Crippen LogP contribution is -2.19. The molecule has 1 atom stereocenters. The number of ether oxygens (including phenoxy) is 1. The summed E-state index contributed by atoms with van der Waals surface area (Å²) in [5.74, 6) is 1.30. The Bertz CT molecular complexity index is 411. The summed E-state index contributed by atoms with van der Waals surface area (Å²) in [6.07, 6.45) is 5.92. The molecule has 0 saturated carbocycles. The van der Waals surface area contributed by atoms with Crippen molar-refractivity contribution in [2.75, 3.05) is 30.4 Å². The van der Waals surface area contributed by atoms with Crippen molar-refractivity contribution in [1.82, 2.24) is 9.97 Å². The Labute approximate surface area is 100 Å². The molecule has 1 aliphatic rings. The van der Waals surface area contributed by atoms with Crippen LogP contribution in [-0.2, 0) is 4.74 Å². The van der Waals surface area contributed by atoms with Gasteiger partial charge in [-0.2, -0.15) is 5.26 Å². The van der Waals surface area contributed by atoms with Crippen molar-refractivity contribution in [3.8, 4) is 6.19 Å². The summed E-state index contributed by atoms with van der Waals surface area (Å²) < 4.78 is 5.50. The van der Waals surface area contributed by atoms with E-state index in [2.05, 4.69) is 15.3 Å². The zero-order valence-corrected chi connectivity index (χ0v) is 9.76. The first-order valence-electron chi connectivity index (χ1n) is 5.60. The highest BCUT2D eigenvalue weighted by Gasteiger charge is 2.15. The monoisotopic (exact) mass is 233 g/mol. The fourth-order valence-electron chi connectivity index (χ4n) is 1.70. The van der Waals surface area contributed by atoms with E-state index >= 15 is 0 Å². The molecule has 0 bridgehead atoms. The van der Waals surface area contributed by atoms with E-state index in [9.17, 15) is 0 Å². The molecule has 2 rings (SSSR count). The molecule has 1 N–H and O–H groups in total. The van der Waals surface area contributed by atoms with E-state index in [1.165, 1.54) is 11.2 Å². The lowest BCUT2D eigenvalue weighted by Gasteiger charge is -2.12. The van der Waals surface area contributed by atoms with Crippen LogP contribution in [0.1, 0.15) is 12.8 Å². The van der Waals surface area contributed by atoms with Crippen molar-refractivity contribution in [3.05, 3.63) is 12.4 Å². The van der Waals surface area contributed by atoms with Crippen molar-refractivity contribution >= 4 is 11.6 Å². The minimum absolute atomic E-state index is 0.266. The first-order chi connectivity index (χ1) is 8.29. The fraction of sp³-hybridized carbons (Fsp3) is 0.545. The number of nitrogens with one attached hydrogen (secondary N) is 1. The summed E-state index contributed by atoms with van der Waals surface area (Å²) >= 11 is 0. The van der Waals surface area contributed by atoms with Crippen LogP contribution in [0, 0.1) is 11.5 Å². The van der Waals surface area contributed by atoms with E-state index < -0.39 is 0 Å². The molecule has 1 fully saturated rings. The van der Waals surface area contributed by atoms with Gasteiger partial charge in [-0.1, -0.05) is 0 Å². The Morgan fingerprint density at radius 3 is 3.24 bits per heavy atom. The maximum Gasteiger partial charge on any atom is 0.185 e. The van der Waals surface area contributed by atoms with Gasteiger partial charge in [0.1, 0.15) is 18.0 Å². The number of rotatable bonds is 4. The molecule has 1 aromatic heterocycles. The molecule has 1 unspecified atom stereocenters. The van der Waals surface area contributed by atoms with Gasteiger partial charge >= 0.3 is 0 Å². The second-order valence-corrected chi connectivity index (χ2v) is 3.94. The van der Waals surface area contributed by atoms with Gasteiger partial charge < -0.3 is 10.1 Å².